The smallest absolute Gasteiger partial charge is 0.261 e. The van der Waals surface area contributed by atoms with E-state index in [1.807, 2.05) is 6.07 Å². The monoisotopic (exact) mass is 424 g/mol. The van der Waals surface area contributed by atoms with Crippen molar-refractivity contribution in [1.29, 1.82) is 0 Å². The van der Waals surface area contributed by atoms with Gasteiger partial charge in [0.25, 0.3) is 5.91 Å². The lowest BCUT2D eigenvalue weighted by atomic mass is 9.96. The molecule has 1 aliphatic rings. The van der Waals surface area contributed by atoms with Crippen molar-refractivity contribution in [1.82, 2.24) is 10.3 Å². The van der Waals surface area contributed by atoms with Crippen molar-refractivity contribution in [3.8, 4) is 0 Å². The fourth-order valence-electron chi connectivity index (χ4n) is 2.83. The third-order valence-corrected chi connectivity index (χ3v) is 6.86. The third-order valence-electron chi connectivity index (χ3n) is 4.64. The Kier molecular flexibility index (Phi) is 7.95. The van der Waals surface area contributed by atoms with E-state index in [1.54, 1.807) is 11.3 Å². The molecular formula is C16H26Cl2N4OS2. The molecule has 1 amide bonds. The number of hydrogen-bond acceptors (Lipinski definition) is 6. The van der Waals surface area contributed by atoms with Gasteiger partial charge in [-0.25, -0.2) is 4.98 Å². The lowest BCUT2D eigenvalue weighted by Gasteiger charge is -2.29. The van der Waals surface area contributed by atoms with Crippen LogP contribution in [-0.4, -0.2) is 36.1 Å². The van der Waals surface area contributed by atoms with Crippen LogP contribution in [0.1, 0.15) is 43.3 Å². The van der Waals surface area contributed by atoms with Gasteiger partial charge in [0.15, 0.2) is 5.13 Å². The average Bonchev–Trinajstić information content (AvgIpc) is 3.21. The molecule has 2 aromatic heterocycles. The molecule has 25 heavy (non-hydrogen) atoms. The fraction of sp³-hybridized carbons (Fsp3) is 0.625. The van der Waals surface area contributed by atoms with E-state index < -0.39 is 0 Å². The van der Waals surface area contributed by atoms with Crippen molar-refractivity contribution in [3.63, 3.8) is 0 Å². The van der Waals surface area contributed by atoms with Gasteiger partial charge < -0.3 is 16.0 Å². The van der Waals surface area contributed by atoms with E-state index in [4.69, 9.17) is 5.73 Å². The number of carbonyl (C=O) groups is 1. The van der Waals surface area contributed by atoms with Crippen molar-refractivity contribution < 1.29 is 4.79 Å². The molecule has 1 aliphatic carbocycles. The Hall–Kier alpha value is -0.600. The van der Waals surface area contributed by atoms with Crippen molar-refractivity contribution in [2.75, 3.05) is 24.5 Å². The van der Waals surface area contributed by atoms with Crippen molar-refractivity contribution in [2.45, 2.75) is 39.2 Å². The zero-order valence-electron chi connectivity index (χ0n) is 14.7. The number of nitrogens with one attached hydrogen (secondary N) is 1. The van der Waals surface area contributed by atoms with E-state index in [0.29, 0.717) is 12.5 Å². The van der Waals surface area contributed by atoms with Crippen LogP contribution >= 0.6 is 47.5 Å². The SMILES string of the molecule is CCN(CC)c1nc2sc(C(=O)NC(C)(CN)C3CC3)cc2s1.Cl.Cl. The summed E-state index contributed by atoms with van der Waals surface area (Å²) in [5.74, 6) is 0.495. The van der Waals surface area contributed by atoms with Gasteiger partial charge in [0, 0.05) is 19.6 Å². The number of hydrogen-bond donors (Lipinski definition) is 2. The zero-order chi connectivity index (χ0) is 16.6. The van der Waals surface area contributed by atoms with E-state index >= 15 is 0 Å². The Labute approximate surface area is 169 Å². The van der Waals surface area contributed by atoms with E-state index in [-0.39, 0.29) is 36.3 Å². The predicted octanol–water partition coefficient (Wildman–Crippen LogP) is 3.90. The highest BCUT2D eigenvalue weighted by Gasteiger charge is 2.41. The summed E-state index contributed by atoms with van der Waals surface area (Å²) < 4.78 is 1.09. The van der Waals surface area contributed by atoms with Crippen LogP contribution in [0.2, 0.25) is 0 Å². The second-order valence-corrected chi connectivity index (χ2v) is 8.34. The lowest BCUT2D eigenvalue weighted by molar-refractivity contribution is 0.0902. The van der Waals surface area contributed by atoms with Gasteiger partial charge in [0.2, 0.25) is 0 Å². The number of anilines is 1. The third kappa shape index (κ3) is 4.57. The van der Waals surface area contributed by atoms with E-state index in [9.17, 15) is 4.79 Å². The molecule has 0 aromatic carbocycles. The van der Waals surface area contributed by atoms with E-state index in [1.165, 1.54) is 11.3 Å². The number of nitrogens with two attached hydrogens (primary N) is 1. The number of rotatable bonds is 7. The van der Waals surface area contributed by atoms with Crippen LogP contribution in [0.25, 0.3) is 9.53 Å². The van der Waals surface area contributed by atoms with Gasteiger partial charge in [-0.1, -0.05) is 11.3 Å². The Bertz CT molecular complexity index is 681. The minimum Gasteiger partial charge on any atom is -0.349 e. The molecule has 1 fully saturated rings. The maximum Gasteiger partial charge on any atom is 0.261 e. The first kappa shape index (κ1) is 22.4. The molecule has 3 N–H and O–H groups in total. The first-order chi connectivity index (χ1) is 11.0. The minimum atomic E-state index is -0.283. The fourth-order valence-corrected chi connectivity index (χ4v) is 5.06. The number of fused-ring (bicyclic) bond motifs is 1. The van der Waals surface area contributed by atoms with Crippen LogP contribution in [0.5, 0.6) is 0 Å². The number of nitrogens with zero attached hydrogens (tertiary/aromatic N) is 2. The molecule has 0 spiro atoms. The minimum absolute atomic E-state index is 0. The summed E-state index contributed by atoms with van der Waals surface area (Å²) in [7, 11) is 0. The van der Waals surface area contributed by atoms with E-state index in [2.05, 4.69) is 36.0 Å². The molecule has 0 bridgehead atoms. The highest BCUT2D eigenvalue weighted by Crippen LogP contribution is 2.40. The van der Waals surface area contributed by atoms with Gasteiger partial charge in [-0.05, 0) is 45.6 Å². The predicted molar refractivity (Wildman–Crippen MR) is 113 cm³/mol. The Morgan fingerprint density at radius 1 is 1.36 bits per heavy atom. The van der Waals surface area contributed by atoms with Crippen LogP contribution in [0.15, 0.2) is 6.07 Å². The molecule has 0 saturated heterocycles. The molecular weight excluding hydrogens is 399 g/mol. The number of amides is 1. The Morgan fingerprint density at radius 2 is 2.00 bits per heavy atom. The van der Waals surface area contributed by atoms with E-state index in [0.717, 1.165) is 45.5 Å². The number of aromatic nitrogens is 1. The van der Waals surface area contributed by atoms with Gasteiger partial charge in [-0.15, -0.1) is 36.2 Å². The maximum absolute atomic E-state index is 12.6. The number of carbonyl (C=O) groups excluding carboxylic acids is 1. The molecule has 5 nitrogen and oxygen atoms in total. The standard InChI is InChI=1S/C16H24N4OS2.2ClH/c1-4-20(5-2)15-18-14-12(23-15)8-11(22-14)13(21)19-16(3,9-17)10-6-7-10;;/h8,10H,4-7,9,17H2,1-3H3,(H,19,21);2*1H. The van der Waals surface area contributed by atoms with Gasteiger partial charge in [0.1, 0.15) is 4.83 Å². The average molecular weight is 425 g/mol. The molecule has 2 heterocycles. The molecule has 142 valence electrons. The Morgan fingerprint density at radius 3 is 2.48 bits per heavy atom. The van der Waals surface area contributed by atoms with Gasteiger partial charge in [-0.2, -0.15) is 0 Å². The first-order valence-corrected chi connectivity index (χ1v) is 9.82. The summed E-state index contributed by atoms with van der Waals surface area (Å²) >= 11 is 3.12. The molecule has 9 heteroatoms. The number of thiophene rings is 1. The summed E-state index contributed by atoms with van der Waals surface area (Å²) in [5, 5.41) is 4.18. The van der Waals surface area contributed by atoms with Gasteiger partial charge in [-0.3, -0.25) is 4.79 Å². The lowest BCUT2D eigenvalue weighted by Crippen LogP contribution is -2.53. The van der Waals surface area contributed by atoms with Crippen LogP contribution in [0.4, 0.5) is 5.13 Å². The second kappa shape index (κ2) is 8.86. The normalized spacial score (nSPS) is 15.8. The molecule has 2 aromatic rings. The zero-order valence-corrected chi connectivity index (χ0v) is 18.0. The maximum atomic E-state index is 12.6. The first-order valence-electron chi connectivity index (χ1n) is 8.18. The molecule has 1 saturated carbocycles. The summed E-state index contributed by atoms with van der Waals surface area (Å²) in [4.78, 5) is 21.1. The summed E-state index contributed by atoms with van der Waals surface area (Å²) in [6.45, 7) is 8.68. The van der Waals surface area contributed by atoms with Crippen LogP contribution < -0.4 is 16.0 Å². The topological polar surface area (TPSA) is 71.2 Å². The van der Waals surface area contributed by atoms with Crippen LogP contribution in [0, 0.1) is 5.92 Å². The van der Waals surface area contributed by atoms with Crippen LogP contribution in [-0.2, 0) is 0 Å². The second-order valence-electron chi connectivity index (χ2n) is 6.30. The van der Waals surface area contributed by atoms with Crippen molar-refractivity contribution in [3.05, 3.63) is 10.9 Å². The number of thiazole rings is 1. The van der Waals surface area contributed by atoms with Crippen molar-refractivity contribution in [2.24, 2.45) is 11.7 Å². The summed E-state index contributed by atoms with van der Waals surface area (Å²) in [6.07, 6.45) is 2.31. The van der Waals surface area contributed by atoms with Crippen LogP contribution in [0.3, 0.4) is 0 Å². The molecule has 3 rings (SSSR count). The highest BCUT2D eigenvalue weighted by molar-refractivity contribution is 7.29. The highest BCUT2D eigenvalue weighted by atomic mass is 35.5. The quantitative estimate of drug-likeness (QED) is 0.706. The van der Waals surface area contributed by atoms with Gasteiger partial charge in [0.05, 0.1) is 15.1 Å². The van der Waals surface area contributed by atoms with Crippen molar-refractivity contribution >= 4 is 68.1 Å². The summed E-state index contributed by atoms with van der Waals surface area (Å²) in [6, 6.07) is 1.96. The largest absolute Gasteiger partial charge is 0.349 e. The molecule has 0 aliphatic heterocycles. The number of halogens is 2. The summed E-state index contributed by atoms with van der Waals surface area (Å²) in [5.41, 5.74) is 5.60. The Balaban J connectivity index is 0.00000156. The molecule has 1 unspecified atom stereocenters. The molecule has 1 atom stereocenters. The molecule has 0 radical (unpaired) electrons. The van der Waals surface area contributed by atoms with Gasteiger partial charge >= 0.3 is 0 Å².